The van der Waals surface area contributed by atoms with Gasteiger partial charge in [-0.3, -0.25) is 0 Å². The number of hydrogen-bond donors (Lipinski definition) is 1. The minimum atomic E-state index is 0.744. The molecule has 0 aliphatic carbocycles. The normalized spacial score (nSPS) is 11.3. The molecule has 0 aliphatic rings. The molecule has 0 amide bonds. The van der Waals surface area contributed by atoms with Crippen LogP contribution in [0.3, 0.4) is 0 Å². The lowest BCUT2D eigenvalue weighted by Crippen LogP contribution is -1.96. The largest absolute Gasteiger partial charge is 0.398 e. The van der Waals surface area contributed by atoms with E-state index in [-0.39, 0.29) is 0 Å². The van der Waals surface area contributed by atoms with Crippen LogP contribution in [0.15, 0.2) is 67.3 Å². The number of allylic oxidation sites excluding steroid dienone is 2. The van der Waals surface area contributed by atoms with Gasteiger partial charge in [-0.2, -0.15) is 0 Å². The zero-order valence-electron chi connectivity index (χ0n) is 12.0. The molecule has 0 unspecified atom stereocenters. The summed E-state index contributed by atoms with van der Waals surface area (Å²) in [5, 5.41) is 0. The Labute approximate surface area is 121 Å². The van der Waals surface area contributed by atoms with Gasteiger partial charge >= 0.3 is 0 Å². The van der Waals surface area contributed by atoms with E-state index in [0.717, 1.165) is 28.8 Å². The van der Waals surface area contributed by atoms with Gasteiger partial charge in [0.15, 0.2) is 0 Å². The van der Waals surface area contributed by atoms with Gasteiger partial charge in [-0.05, 0) is 34.8 Å². The van der Waals surface area contributed by atoms with Crippen LogP contribution in [0.5, 0.6) is 0 Å². The molecule has 2 N–H and O–H groups in total. The van der Waals surface area contributed by atoms with Gasteiger partial charge in [0.1, 0.15) is 0 Å². The molecule has 1 heteroatoms. The molecule has 0 atom stereocenters. The van der Waals surface area contributed by atoms with Crippen molar-refractivity contribution in [2.24, 2.45) is 5.73 Å². The van der Waals surface area contributed by atoms with Crippen LogP contribution in [-0.4, -0.2) is 0 Å². The standard InChI is InChI=1S/C19H21N/c1-3-7-16-10-12-17(13-11-16)15(2)14-19(20)18-8-5-4-6-9-18/h4-6,8-14H,2-3,7,20H2,1H3/b19-14-. The van der Waals surface area contributed by atoms with E-state index in [2.05, 4.69) is 37.8 Å². The SMILES string of the molecule is C=C(/C=C(\N)c1ccccc1)c1ccc(CCC)cc1. The molecule has 1 nitrogen and oxygen atoms in total. The summed E-state index contributed by atoms with van der Waals surface area (Å²) in [4.78, 5) is 0. The Morgan fingerprint density at radius 1 is 1.00 bits per heavy atom. The first-order valence-electron chi connectivity index (χ1n) is 7.01. The molecule has 102 valence electrons. The molecule has 2 aromatic carbocycles. The van der Waals surface area contributed by atoms with E-state index in [1.54, 1.807) is 0 Å². The van der Waals surface area contributed by atoms with Gasteiger partial charge in [0.05, 0.1) is 0 Å². The maximum absolute atomic E-state index is 6.11. The Kier molecular flexibility index (Phi) is 4.78. The molecule has 0 saturated heterocycles. The molecular formula is C19H21N. The Morgan fingerprint density at radius 2 is 1.65 bits per heavy atom. The summed E-state index contributed by atoms with van der Waals surface area (Å²) >= 11 is 0. The summed E-state index contributed by atoms with van der Waals surface area (Å²) in [5.41, 5.74) is 11.3. The lowest BCUT2D eigenvalue weighted by molar-refractivity contribution is 0.922. The lowest BCUT2D eigenvalue weighted by Gasteiger charge is -2.06. The second-order valence-corrected chi connectivity index (χ2v) is 4.94. The quantitative estimate of drug-likeness (QED) is 0.781. The molecule has 0 bridgehead atoms. The van der Waals surface area contributed by atoms with Crippen molar-refractivity contribution in [3.8, 4) is 0 Å². The fraction of sp³-hybridized carbons (Fsp3) is 0.158. The van der Waals surface area contributed by atoms with Crippen molar-refractivity contribution in [2.45, 2.75) is 19.8 Å². The van der Waals surface area contributed by atoms with Crippen molar-refractivity contribution >= 4 is 11.3 Å². The van der Waals surface area contributed by atoms with Crippen molar-refractivity contribution in [3.05, 3.63) is 83.9 Å². The minimum Gasteiger partial charge on any atom is -0.398 e. The Bertz CT molecular complexity index is 591. The summed E-state index contributed by atoms with van der Waals surface area (Å²) < 4.78 is 0. The molecule has 0 aliphatic heterocycles. The fourth-order valence-electron chi connectivity index (χ4n) is 2.16. The highest BCUT2D eigenvalue weighted by Crippen LogP contribution is 2.19. The van der Waals surface area contributed by atoms with Crippen LogP contribution in [0.4, 0.5) is 0 Å². The molecule has 0 radical (unpaired) electrons. The molecule has 0 heterocycles. The second-order valence-electron chi connectivity index (χ2n) is 4.94. The van der Waals surface area contributed by atoms with E-state index >= 15 is 0 Å². The first-order valence-corrected chi connectivity index (χ1v) is 7.01. The molecule has 2 aromatic rings. The van der Waals surface area contributed by atoms with Crippen LogP contribution in [0, 0.1) is 0 Å². The van der Waals surface area contributed by atoms with E-state index in [1.165, 1.54) is 12.0 Å². The molecule has 2 rings (SSSR count). The van der Waals surface area contributed by atoms with Crippen LogP contribution < -0.4 is 5.73 Å². The third-order valence-electron chi connectivity index (χ3n) is 3.30. The molecule has 0 spiro atoms. The number of nitrogens with two attached hydrogens (primary N) is 1. The van der Waals surface area contributed by atoms with Crippen LogP contribution >= 0.6 is 0 Å². The minimum absolute atomic E-state index is 0.744. The molecule has 0 aromatic heterocycles. The smallest absolute Gasteiger partial charge is 0.0393 e. The van der Waals surface area contributed by atoms with E-state index < -0.39 is 0 Å². The average Bonchev–Trinajstić information content (AvgIpc) is 2.49. The third-order valence-corrected chi connectivity index (χ3v) is 3.30. The number of benzene rings is 2. The summed E-state index contributed by atoms with van der Waals surface area (Å²) in [6.07, 6.45) is 4.22. The molecular weight excluding hydrogens is 242 g/mol. The zero-order chi connectivity index (χ0) is 14.4. The Hall–Kier alpha value is -2.28. The third kappa shape index (κ3) is 3.61. The van der Waals surface area contributed by atoms with Gasteiger partial charge in [0, 0.05) is 5.70 Å². The molecule has 20 heavy (non-hydrogen) atoms. The average molecular weight is 263 g/mol. The van der Waals surface area contributed by atoms with Gasteiger partial charge in [-0.1, -0.05) is 74.5 Å². The number of rotatable bonds is 5. The van der Waals surface area contributed by atoms with Gasteiger partial charge in [0.25, 0.3) is 0 Å². The van der Waals surface area contributed by atoms with Crippen molar-refractivity contribution < 1.29 is 0 Å². The van der Waals surface area contributed by atoms with Crippen molar-refractivity contribution in [1.82, 2.24) is 0 Å². The molecule has 0 fully saturated rings. The van der Waals surface area contributed by atoms with Crippen molar-refractivity contribution in [3.63, 3.8) is 0 Å². The summed E-state index contributed by atoms with van der Waals surface area (Å²) in [6, 6.07) is 18.5. The van der Waals surface area contributed by atoms with E-state index in [4.69, 9.17) is 5.73 Å². The van der Waals surface area contributed by atoms with Crippen molar-refractivity contribution in [2.75, 3.05) is 0 Å². The summed E-state index contributed by atoms with van der Waals surface area (Å²) in [6.45, 7) is 6.30. The first-order chi connectivity index (χ1) is 9.70. The van der Waals surface area contributed by atoms with Crippen LogP contribution in [-0.2, 0) is 6.42 Å². The zero-order valence-corrected chi connectivity index (χ0v) is 12.0. The predicted molar refractivity (Wildman–Crippen MR) is 88.1 cm³/mol. The predicted octanol–water partition coefficient (Wildman–Crippen LogP) is 4.65. The van der Waals surface area contributed by atoms with Gasteiger partial charge in [-0.15, -0.1) is 0 Å². The Balaban J connectivity index is 2.15. The maximum Gasteiger partial charge on any atom is 0.0393 e. The van der Waals surface area contributed by atoms with E-state index in [1.807, 2.05) is 36.4 Å². The van der Waals surface area contributed by atoms with Crippen LogP contribution in [0.1, 0.15) is 30.0 Å². The number of aryl methyl sites for hydroxylation is 1. The lowest BCUT2D eigenvalue weighted by atomic mass is 10.0. The van der Waals surface area contributed by atoms with Gasteiger partial charge < -0.3 is 5.73 Å². The molecule has 0 saturated carbocycles. The van der Waals surface area contributed by atoms with Gasteiger partial charge in [0.2, 0.25) is 0 Å². The Morgan fingerprint density at radius 3 is 2.25 bits per heavy atom. The highest BCUT2D eigenvalue weighted by Gasteiger charge is 2.00. The highest BCUT2D eigenvalue weighted by atomic mass is 14.6. The second kappa shape index (κ2) is 6.76. The number of hydrogen-bond acceptors (Lipinski definition) is 1. The summed E-state index contributed by atoms with van der Waals surface area (Å²) in [7, 11) is 0. The van der Waals surface area contributed by atoms with Gasteiger partial charge in [-0.25, -0.2) is 0 Å². The highest BCUT2D eigenvalue weighted by molar-refractivity contribution is 5.81. The van der Waals surface area contributed by atoms with Crippen LogP contribution in [0.2, 0.25) is 0 Å². The van der Waals surface area contributed by atoms with E-state index in [0.29, 0.717) is 0 Å². The van der Waals surface area contributed by atoms with Crippen molar-refractivity contribution in [1.29, 1.82) is 0 Å². The summed E-state index contributed by atoms with van der Waals surface area (Å²) in [5.74, 6) is 0. The fourth-order valence-corrected chi connectivity index (χ4v) is 2.16. The maximum atomic E-state index is 6.11. The monoisotopic (exact) mass is 263 g/mol. The topological polar surface area (TPSA) is 26.0 Å². The first kappa shape index (κ1) is 14.1. The van der Waals surface area contributed by atoms with Crippen LogP contribution in [0.25, 0.3) is 11.3 Å². The van der Waals surface area contributed by atoms with E-state index in [9.17, 15) is 0 Å².